The van der Waals surface area contributed by atoms with Crippen LogP contribution in [0.4, 0.5) is 0 Å². The van der Waals surface area contributed by atoms with Crippen LogP contribution in [0.15, 0.2) is 18.3 Å². The van der Waals surface area contributed by atoms with Gasteiger partial charge in [0.25, 0.3) is 11.8 Å². The van der Waals surface area contributed by atoms with Crippen molar-refractivity contribution in [2.45, 2.75) is 26.3 Å². The lowest BCUT2D eigenvalue weighted by atomic mass is 10.2. The van der Waals surface area contributed by atoms with Crippen LogP contribution in [0.5, 0.6) is 0 Å². The summed E-state index contributed by atoms with van der Waals surface area (Å²) in [6, 6.07) is 2.62. The lowest BCUT2D eigenvalue weighted by Gasteiger charge is -2.18. The van der Waals surface area contributed by atoms with Crippen molar-refractivity contribution >= 4 is 21.7 Å². The molecule has 8 heteroatoms. The molecule has 0 saturated carbocycles. The SMILES string of the molecule is CCN(CC)C(=O)c1ccnc(C(=O)NC2CCS(=O)(=O)C2)c1. The minimum atomic E-state index is -3.06. The third-order valence-corrected chi connectivity index (χ3v) is 5.63. The molecular weight excluding hydrogens is 318 g/mol. The molecule has 1 aromatic heterocycles. The van der Waals surface area contributed by atoms with Gasteiger partial charge in [-0.2, -0.15) is 0 Å². The van der Waals surface area contributed by atoms with Gasteiger partial charge in [-0.05, 0) is 32.4 Å². The summed E-state index contributed by atoms with van der Waals surface area (Å²) in [5, 5.41) is 2.67. The van der Waals surface area contributed by atoms with Crippen LogP contribution in [0.25, 0.3) is 0 Å². The van der Waals surface area contributed by atoms with Crippen molar-refractivity contribution in [3.8, 4) is 0 Å². The molecule has 126 valence electrons. The van der Waals surface area contributed by atoms with Crippen LogP contribution >= 0.6 is 0 Å². The summed E-state index contributed by atoms with van der Waals surface area (Å²) in [6.07, 6.45) is 1.82. The smallest absolute Gasteiger partial charge is 0.270 e. The van der Waals surface area contributed by atoms with E-state index in [1.165, 1.54) is 12.3 Å². The molecule has 1 aromatic rings. The van der Waals surface area contributed by atoms with Crippen molar-refractivity contribution < 1.29 is 18.0 Å². The van der Waals surface area contributed by atoms with Crippen LogP contribution in [0, 0.1) is 0 Å². The third kappa shape index (κ3) is 4.28. The highest BCUT2D eigenvalue weighted by atomic mass is 32.2. The van der Waals surface area contributed by atoms with Crippen molar-refractivity contribution in [2.75, 3.05) is 24.6 Å². The van der Waals surface area contributed by atoms with E-state index >= 15 is 0 Å². The van der Waals surface area contributed by atoms with Gasteiger partial charge in [0.2, 0.25) is 0 Å². The number of nitrogens with one attached hydrogen (secondary N) is 1. The van der Waals surface area contributed by atoms with Gasteiger partial charge in [-0.15, -0.1) is 0 Å². The van der Waals surface area contributed by atoms with Crippen LogP contribution in [0.3, 0.4) is 0 Å². The van der Waals surface area contributed by atoms with Gasteiger partial charge in [0.1, 0.15) is 5.69 Å². The van der Waals surface area contributed by atoms with Crippen molar-refractivity contribution in [1.29, 1.82) is 0 Å². The van der Waals surface area contributed by atoms with Gasteiger partial charge in [0.15, 0.2) is 9.84 Å². The fraction of sp³-hybridized carbons (Fsp3) is 0.533. The summed E-state index contributed by atoms with van der Waals surface area (Å²) < 4.78 is 22.9. The lowest BCUT2D eigenvalue weighted by Crippen LogP contribution is -2.36. The Hall–Kier alpha value is -1.96. The van der Waals surface area contributed by atoms with Crippen LogP contribution in [0.1, 0.15) is 41.1 Å². The van der Waals surface area contributed by atoms with Gasteiger partial charge in [-0.3, -0.25) is 14.6 Å². The Morgan fingerprint density at radius 3 is 2.61 bits per heavy atom. The Bertz CT molecular complexity index is 698. The van der Waals surface area contributed by atoms with Crippen LogP contribution in [-0.4, -0.2) is 60.8 Å². The number of nitrogens with zero attached hydrogens (tertiary/aromatic N) is 2. The second-order valence-corrected chi connectivity index (χ2v) is 7.71. The van der Waals surface area contributed by atoms with E-state index in [-0.39, 0.29) is 23.1 Å². The molecule has 0 spiro atoms. The molecule has 1 aliphatic heterocycles. The van der Waals surface area contributed by atoms with Gasteiger partial charge in [-0.1, -0.05) is 0 Å². The summed E-state index contributed by atoms with van der Waals surface area (Å²) in [7, 11) is -3.06. The first-order chi connectivity index (χ1) is 10.9. The summed E-state index contributed by atoms with van der Waals surface area (Å²) in [5.74, 6) is -0.570. The molecule has 0 radical (unpaired) electrons. The quantitative estimate of drug-likeness (QED) is 0.842. The monoisotopic (exact) mass is 339 g/mol. The molecule has 1 N–H and O–H groups in total. The molecule has 0 aliphatic carbocycles. The minimum absolute atomic E-state index is 0.0448. The summed E-state index contributed by atoms with van der Waals surface area (Å²) in [4.78, 5) is 30.1. The maximum Gasteiger partial charge on any atom is 0.270 e. The molecule has 23 heavy (non-hydrogen) atoms. The van der Waals surface area contributed by atoms with Crippen molar-refractivity contribution in [3.05, 3.63) is 29.6 Å². The molecule has 0 bridgehead atoms. The standard InChI is InChI=1S/C15H21N3O4S/c1-3-18(4-2)15(20)11-5-7-16-13(9-11)14(19)17-12-6-8-23(21,22)10-12/h5,7,9,12H,3-4,6,8,10H2,1-2H3,(H,17,19). The largest absolute Gasteiger partial charge is 0.347 e. The number of carbonyl (C=O) groups is 2. The van der Waals surface area contributed by atoms with Gasteiger partial charge in [0, 0.05) is 30.9 Å². The summed E-state index contributed by atoms with van der Waals surface area (Å²) in [5.41, 5.74) is 0.514. The Labute approximate surface area is 136 Å². The molecule has 1 fully saturated rings. The van der Waals surface area contributed by atoms with E-state index in [9.17, 15) is 18.0 Å². The maximum absolute atomic E-state index is 12.3. The Balaban J connectivity index is 2.10. The molecule has 2 rings (SSSR count). The van der Waals surface area contributed by atoms with Crippen LogP contribution in [0.2, 0.25) is 0 Å². The van der Waals surface area contributed by atoms with Gasteiger partial charge >= 0.3 is 0 Å². The van der Waals surface area contributed by atoms with Gasteiger partial charge in [0.05, 0.1) is 11.5 Å². The highest BCUT2D eigenvalue weighted by Crippen LogP contribution is 2.12. The average molecular weight is 339 g/mol. The average Bonchev–Trinajstić information content (AvgIpc) is 2.87. The van der Waals surface area contributed by atoms with Crippen LogP contribution in [-0.2, 0) is 9.84 Å². The molecule has 1 atom stereocenters. The third-order valence-electron chi connectivity index (χ3n) is 3.86. The van der Waals surface area contributed by atoms with Crippen molar-refractivity contribution in [1.82, 2.24) is 15.2 Å². The molecule has 7 nitrogen and oxygen atoms in total. The van der Waals surface area contributed by atoms with Crippen LogP contribution < -0.4 is 5.32 Å². The van der Waals surface area contributed by atoms with Crippen molar-refractivity contribution in [3.63, 3.8) is 0 Å². The van der Waals surface area contributed by atoms with E-state index in [1.807, 2.05) is 13.8 Å². The fourth-order valence-electron chi connectivity index (χ4n) is 2.55. The first kappa shape index (κ1) is 17.4. The van der Waals surface area contributed by atoms with Gasteiger partial charge < -0.3 is 10.2 Å². The summed E-state index contributed by atoms with van der Waals surface area (Å²) in [6.45, 7) is 4.94. The van der Waals surface area contributed by atoms with E-state index in [2.05, 4.69) is 10.3 Å². The fourth-order valence-corrected chi connectivity index (χ4v) is 4.22. The Kier molecular flexibility index (Phi) is 5.35. The topological polar surface area (TPSA) is 96.4 Å². The molecular formula is C15H21N3O4S. The molecule has 2 amide bonds. The number of hydrogen-bond donors (Lipinski definition) is 1. The normalized spacial score (nSPS) is 19.3. The van der Waals surface area contributed by atoms with E-state index in [0.717, 1.165) is 0 Å². The van der Waals surface area contributed by atoms with E-state index in [4.69, 9.17) is 0 Å². The summed E-state index contributed by atoms with van der Waals surface area (Å²) >= 11 is 0. The van der Waals surface area contributed by atoms with Gasteiger partial charge in [-0.25, -0.2) is 8.42 Å². The number of rotatable bonds is 5. The van der Waals surface area contributed by atoms with E-state index in [0.29, 0.717) is 25.1 Å². The highest BCUT2D eigenvalue weighted by Gasteiger charge is 2.29. The molecule has 1 unspecified atom stereocenters. The first-order valence-corrected chi connectivity index (χ1v) is 9.45. The molecule has 1 saturated heterocycles. The number of pyridine rings is 1. The predicted molar refractivity (Wildman–Crippen MR) is 86.0 cm³/mol. The predicted octanol–water partition coefficient (Wildman–Crippen LogP) is 0.481. The highest BCUT2D eigenvalue weighted by molar-refractivity contribution is 7.91. The Morgan fingerprint density at radius 2 is 2.04 bits per heavy atom. The lowest BCUT2D eigenvalue weighted by molar-refractivity contribution is 0.0773. The maximum atomic E-state index is 12.3. The second kappa shape index (κ2) is 7.08. The molecule has 2 heterocycles. The van der Waals surface area contributed by atoms with E-state index in [1.54, 1.807) is 11.0 Å². The number of amides is 2. The number of hydrogen-bond acceptors (Lipinski definition) is 5. The van der Waals surface area contributed by atoms with E-state index < -0.39 is 21.8 Å². The molecule has 0 aromatic carbocycles. The molecule has 1 aliphatic rings. The first-order valence-electron chi connectivity index (χ1n) is 7.63. The zero-order chi connectivity index (χ0) is 17.0. The minimum Gasteiger partial charge on any atom is -0.347 e. The zero-order valence-corrected chi connectivity index (χ0v) is 14.1. The Morgan fingerprint density at radius 1 is 1.35 bits per heavy atom. The second-order valence-electron chi connectivity index (χ2n) is 5.48. The zero-order valence-electron chi connectivity index (χ0n) is 13.3. The number of carbonyl (C=O) groups excluding carboxylic acids is 2. The number of aromatic nitrogens is 1. The number of sulfone groups is 1. The van der Waals surface area contributed by atoms with Crippen molar-refractivity contribution in [2.24, 2.45) is 0 Å².